The smallest absolute Gasteiger partial charge is 0.243 e. The Kier molecular flexibility index (Phi) is 12.5. The Balaban J connectivity index is 1.96. The average molecular weight is 663 g/mol. The van der Waals surface area contributed by atoms with Crippen LogP contribution < -0.4 is 14.4 Å². The van der Waals surface area contributed by atoms with Crippen LogP contribution in [0.1, 0.15) is 51.7 Å². The highest BCUT2D eigenvalue weighted by Gasteiger charge is 2.33. The Morgan fingerprint density at radius 2 is 1.55 bits per heavy atom. The highest BCUT2D eigenvalue weighted by Crippen LogP contribution is 2.31. The first kappa shape index (κ1) is 35.2. The molecule has 0 saturated heterocycles. The van der Waals surface area contributed by atoms with E-state index in [2.05, 4.69) is 5.32 Å². The zero-order chi connectivity index (χ0) is 32.5. The maximum Gasteiger partial charge on any atom is 0.243 e. The van der Waals surface area contributed by atoms with E-state index in [1.54, 1.807) is 42.5 Å². The minimum Gasteiger partial charge on any atom is -0.492 e. The molecule has 8 nitrogen and oxygen atoms in total. The van der Waals surface area contributed by atoms with E-state index in [0.717, 1.165) is 11.8 Å². The Hall–Kier alpha value is -3.27. The zero-order valence-corrected chi connectivity index (χ0v) is 28.2. The predicted molar refractivity (Wildman–Crippen MR) is 178 cm³/mol. The molecule has 2 amide bonds. The second kappa shape index (κ2) is 15.6. The molecule has 0 aliphatic carbocycles. The number of nitrogens with one attached hydrogen (secondary N) is 1. The molecule has 0 radical (unpaired) electrons. The zero-order valence-electron chi connectivity index (χ0n) is 25.8. The maximum absolute atomic E-state index is 14.1. The number of rotatable bonds is 14. The number of carbonyl (C=O) groups is 2. The molecule has 44 heavy (non-hydrogen) atoms. The summed E-state index contributed by atoms with van der Waals surface area (Å²) in [5.74, 6) is -0.220. The summed E-state index contributed by atoms with van der Waals surface area (Å²) in [6, 6.07) is 20.5. The van der Waals surface area contributed by atoms with E-state index < -0.39 is 21.6 Å². The number of benzene rings is 3. The molecule has 0 aromatic heterocycles. The second-order valence-electron chi connectivity index (χ2n) is 11.5. The first-order valence-electron chi connectivity index (χ1n) is 14.5. The molecule has 3 aromatic carbocycles. The third kappa shape index (κ3) is 10.1. The van der Waals surface area contributed by atoms with Crippen LogP contribution in [0.5, 0.6) is 5.75 Å². The fourth-order valence-electron chi connectivity index (χ4n) is 4.78. The number of carbonyl (C=O) groups excluding carboxylic acids is 2. The van der Waals surface area contributed by atoms with Crippen LogP contribution in [0.15, 0.2) is 72.8 Å². The van der Waals surface area contributed by atoms with Crippen molar-refractivity contribution in [2.24, 2.45) is 0 Å². The van der Waals surface area contributed by atoms with Crippen molar-refractivity contribution in [1.29, 1.82) is 0 Å². The van der Waals surface area contributed by atoms with Crippen LogP contribution in [0.4, 0.5) is 5.69 Å². The van der Waals surface area contributed by atoms with Gasteiger partial charge in [-0.1, -0.05) is 71.7 Å². The van der Waals surface area contributed by atoms with E-state index in [1.165, 1.54) is 9.21 Å². The van der Waals surface area contributed by atoms with Crippen LogP contribution in [0.25, 0.3) is 0 Å². The van der Waals surface area contributed by atoms with Gasteiger partial charge in [-0.15, -0.1) is 0 Å². The summed E-state index contributed by atoms with van der Waals surface area (Å²) >= 11 is 13.1. The van der Waals surface area contributed by atoms with Gasteiger partial charge in [-0.3, -0.25) is 13.9 Å². The molecule has 0 aliphatic heterocycles. The maximum atomic E-state index is 14.1. The van der Waals surface area contributed by atoms with Crippen molar-refractivity contribution in [2.45, 2.75) is 65.1 Å². The molecule has 1 unspecified atom stereocenters. The number of anilines is 1. The minimum absolute atomic E-state index is 0.00460. The van der Waals surface area contributed by atoms with Gasteiger partial charge in [-0.2, -0.15) is 0 Å². The summed E-state index contributed by atoms with van der Waals surface area (Å²) in [7, 11) is -3.70. The lowest BCUT2D eigenvalue weighted by Gasteiger charge is -2.34. The van der Waals surface area contributed by atoms with Crippen LogP contribution in [0.3, 0.4) is 0 Å². The van der Waals surface area contributed by atoms with Gasteiger partial charge >= 0.3 is 0 Å². The van der Waals surface area contributed by atoms with Gasteiger partial charge in [-0.25, -0.2) is 8.42 Å². The minimum atomic E-state index is -3.70. The SMILES string of the molecule is CCOc1ccccc1N(CCCC(=O)N(Cc1c(Cl)cccc1Cl)C(Cc1ccccc1)C(=O)NC(C)(C)C)S(C)(=O)=O. The van der Waals surface area contributed by atoms with Gasteiger partial charge in [0.1, 0.15) is 11.8 Å². The number of halogens is 2. The molecule has 1 atom stereocenters. The van der Waals surface area contributed by atoms with Crippen molar-refractivity contribution >= 4 is 50.7 Å². The molecular weight excluding hydrogens is 621 g/mol. The molecule has 1 N–H and O–H groups in total. The van der Waals surface area contributed by atoms with Crippen LogP contribution in [0, 0.1) is 0 Å². The fraction of sp³-hybridized carbons (Fsp3) is 0.394. The van der Waals surface area contributed by atoms with Gasteiger partial charge in [0, 0.05) is 47.1 Å². The first-order valence-corrected chi connectivity index (χ1v) is 17.1. The summed E-state index contributed by atoms with van der Waals surface area (Å²) in [6.45, 7) is 7.85. The van der Waals surface area contributed by atoms with Crippen molar-refractivity contribution < 1.29 is 22.7 Å². The van der Waals surface area contributed by atoms with Gasteiger partial charge in [0.05, 0.1) is 18.6 Å². The van der Waals surface area contributed by atoms with Crippen LogP contribution in [-0.2, 0) is 32.6 Å². The highest BCUT2D eigenvalue weighted by atomic mass is 35.5. The molecule has 0 aliphatic rings. The lowest BCUT2D eigenvalue weighted by atomic mass is 10.00. The van der Waals surface area contributed by atoms with Crippen LogP contribution in [-0.4, -0.2) is 56.1 Å². The average Bonchev–Trinajstić information content (AvgIpc) is 2.94. The lowest BCUT2D eigenvalue weighted by Crippen LogP contribution is -2.54. The van der Waals surface area contributed by atoms with Gasteiger partial charge in [0.15, 0.2) is 0 Å². The van der Waals surface area contributed by atoms with E-state index in [1.807, 2.05) is 58.0 Å². The molecule has 0 fully saturated rings. The van der Waals surface area contributed by atoms with E-state index in [9.17, 15) is 18.0 Å². The molecule has 3 rings (SSSR count). The summed E-state index contributed by atoms with van der Waals surface area (Å²) in [4.78, 5) is 29.4. The third-order valence-electron chi connectivity index (χ3n) is 6.75. The second-order valence-corrected chi connectivity index (χ2v) is 14.2. The molecule has 0 bridgehead atoms. The lowest BCUT2D eigenvalue weighted by molar-refractivity contribution is -0.142. The van der Waals surface area contributed by atoms with Gasteiger partial charge < -0.3 is 15.0 Å². The number of sulfonamides is 1. The van der Waals surface area contributed by atoms with Crippen molar-refractivity contribution in [1.82, 2.24) is 10.2 Å². The summed E-state index contributed by atoms with van der Waals surface area (Å²) in [5, 5.41) is 3.77. The number of nitrogens with zero attached hydrogens (tertiary/aromatic N) is 2. The molecular formula is C33H41Cl2N3O5S. The highest BCUT2D eigenvalue weighted by molar-refractivity contribution is 7.92. The number of amides is 2. The molecule has 0 spiro atoms. The van der Waals surface area contributed by atoms with Crippen molar-refractivity contribution in [3.8, 4) is 5.75 Å². The first-order chi connectivity index (χ1) is 20.7. The predicted octanol–water partition coefficient (Wildman–Crippen LogP) is 6.49. The van der Waals surface area contributed by atoms with E-state index in [4.69, 9.17) is 27.9 Å². The number of hydrogen-bond acceptors (Lipinski definition) is 5. The van der Waals surface area contributed by atoms with Gasteiger partial charge in [-0.05, 0) is 63.9 Å². The van der Waals surface area contributed by atoms with E-state index in [0.29, 0.717) is 33.7 Å². The van der Waals surface area contributed by atoms with Crippen molar-refractivity contribution in [2.75, 3.05) is 23.7 Å². The van der Waals surface area contributed by atoms with Crippen LogP contribution in [0.2, 0.25) is 10.0 Å². The van der Waals surface area contributed by atoms with Crippen molar-refractivity contribution in [3.63, 3.8) is 0 Å². The number of ether oxygens (including phenoxy) is 1. The molecule has 0 heterocycles. The van der Waals surface area contributed by atoms with E-state index in [-0.39, 0.29) is 44.2 Å². The topological polar surface area (TPSA) is 96.0 Å². The Bertz CT molecular complexity index is 1510. The summed E-state index contributed by atoms with van der Waals surface area (Å²) in [5.41, 5.74) is 1.25. The third-order valence-corrected chi connectivity index (χ3v) is 8.63. The molecule has 0 saturated carbocycles. The largest absolute Gasteiger partial charge is 0.492 e. The fourth-order valence-corrected chi connectivity index (χ4v) is 6.27. The van der Waals surface area contributed by atoms with Crippen molar-refractivity contribution in [3.05, 3.63) is 94.0 Å². The Morgan fingerprint density at radius 3 is 2.14 bits per heavy atom. The monoisotopic (exact) mass is 661 g/mol. The molecule has 11 heteroatoms. The molecule has 238 valence electrons. The quantitative estimate of drug-likeness (QED) is 0.213. The number of hydrogen-bond donors (Lipinski definition) is 1. The van der Waals surface area contributed by atoms with Crippen LogP contribution >= 0.6 is 23.2 Å². The summed E-state index contributed by atoms with van der Waals surface area (Å²) < 4.78 is 32.6. The number of para-hydroxylation sites is 2. The Morgan fingerprint density at radius 1 is 0.932 bits per heavy atom. The van der Waals surface area contributed by atoms with Gasteiger partial charge in [0.25, 0.3) is 0 Å². The summed E-state index contributed by atoms with van der Waals surface area (Å²) in [6.07, 6.45) is 1.54. The molecule has 3 aromatic rings. The Labute approximate surface area is 271 Å². The normalized spacial score (nSPS) is 12.3. The standard InChI is InChI=1S/C33H41Cl2N3O5S/c1-6-43-30-19-11-10-18-28(30)38(44(5,41)42)21-13-20-31(39)37(23-25-26(34)16-12-17-27(25)35)29(32(40)36-33(2,3)4)22-24-14-8-7-9-15-24/h7-12,14-19,29H,6,13,20-23H2,1-5H3,(H,36,40). The van der Waals surface area contributed by atoms with Gasteiger partial charge in [0.2, 0.25) is 21.8 Å². The van der Waals surface area contributed by atoms with E-state index >= 15 is 0 Å².